The van der Waals surface area contributed by atoms with Gasteiger partial charge in [-0.05, 0) is 53.6 Å². The number of aromatic nitrogens is 1. The largest absolute Gasteiger partial charge is 0.493 e. The zero-order chi connectivity index (χ0) is 24.5. The van der Waals surface area contributed by atoms with E-state index in [2.05, 4.69) is 5.32 Å². The number of fused-ring (bicyclic) bond motifs is 3. The van der Waals surface area contributed by atoms with Crippen molar-refractivity contribution in [3.63, 3.8) is 0 Å². The molecule has 8 heteroatoms. The third kappa shape index (κ3) is 4.19. The van der Waals surface area contributed by atoms with Crippen molar-refractivity contribution in [2.24, 2.45) is 0 Å². The molecule has 1 aromatic heterocycles. The van der Waals surface area contributed by atoms with E-state index in [9.17, 15) is 13.6 Å². The Hall–Kier alpha value is -4.33. The van der Waals surface area contributed by atoms with E-state index in [1.807, 2.05) is 47.2 Å². The van der Waals surface area contributed by atoms with E-state index in [4.69, 9.17) is 9.47 Å². The molecule has 3 aromatic carbocycles. The Balaban J connectivity index is 1.61. The molecular formula is C27H23F2N3O3. The van der Waals surface area contributed by atoms with Crippen LogP contribution >= 0.6 is 0 Å². The monoisotopic (exact) mass is 475 g/mol. The lowest BCUT2D eigenvalue weighted by Crippen LogP contribution is -2.38. The van der Waals surface area contributed by atoms with Gasteiger partial charge in [-0.25, -0.2) is 13.6 Å². The number of hydrogen-bond acceptors (Lipinski definition) is 3. The van der Waals surface area contributed by atoms with Crippen LogP contribution in [-0.4, -0.2) is 29.7 Å². The highest BCUT2D eigenvalue weighted by Gasteiger charge is 2.33. The maximum atomic E-state index is 14.3. The quantitative estimate of drug-likeness (QED) is 0.399. The van der Waals surface area contributed by atoms with Crippen molar-refractivity contribution in [2.75, 3.05) is 19.5 Å². The van der Waals surface area contributed by atoms with Gasteiger partial charge in [-0.15, -0.1) is 0 Å². The maximum Gasteiger partial charge on any atom is 0.322 e. The van der Waals surface area contributed by atoms with Crippen molar-refractivity contribution in [1.82, 2.24) is 9.47 Å². The first-order valence-corrected chi connectivity index (χ1v) is 11.0. The van der Waals surface area contributed by atoms with E-state index in [1.165, 1.54) is 26.4 Å². The molecule has 178 valence electrons. The summed E-state index contributed by atoms with van der Waals surface area (Å²) in [6, 6.07) is 18.6. The summed E-state index contributed by atoms with van der Waals surface area (Å²) in [5.41, 5.74) is 3.33. The smallest absolute Gasteiger partial charge is 0.322 e. The number of anilines is 1. The number of urea groups is 1. The summed E-state index contributed by atoms with van der Waals surface area (Å²) < 4.78 is 41.1. The maximum absolute atomic E-state index is 14.3. The summed E-state index contributed by atoms with van der Waals surface area (Å²) in [5.74, 6) is -0.426. The number of halogens is 2. The second kappa shape index (κ2) is 9.13. The molecule has 1 atom stereocenters. The SMILES string of the molecule is COc1ccc(NC(=O)N2Cc3ccccc3-n3cccc3[C@@H]2c2cc(F)cc(F)c2)cc1OC. The molecule has 2 heterocycles. The van der Waals surface area contributed by atoms with Crippen LogP contribution < -0.4 is 14.8 Å². The predicted octanol–water partition coefficient (Wildman–Crippen LogP) is 5.91. The summed E-state index contributed by atoms with van der Waals surface area (Å²) in [6.07, 6.45) is 1.88. The number of methoxy groups -OCH3 is 2. The van der Waals surface area contributed by atoms with E-state index in [0.717, 1.165) is 17.3 Å². The highest BCUT2D eigenvalue weighted by atomic mass is 19.1. The Morgan fingerprint density at radius 2 is 1.66 bits per heavy atom. The van der Waals surface area contributed by atoms with Gasteiger partial charge in [0.15, 0.2) is 11.5 Å². The van der Waals surface area contributed by atoms with E-state index in [0.29, 0.717) is 28.4 Å². The number of benzene rings is 3. The molecular weight excluding hydrogens is 452 g/mol. The van der Waals surface area contributed by atoms with Crippen LogP contribution in [0.15, 0.2) is 79.0 Å². The van der Waals surface area contributed by atoms with Gasteiger partial charge in [0, 0.05) is 29.7 Å². The fourth-order valence-corrected chi connectivity index (χ4v) is 4.53. The van der Waals surface area contributed by atoms with Crippen molar-refractivity contribution in [1.29, 1.82) is 0 Å². The van der Waals surface area contributed by atoms with Gasteiger partial charge in [0.1, 0.15) is 11.6 Å². The number of carbonyl (C=O) groups is 1. The lowest BCUT2D eigenvalue weighted by atomic mass is 10.0. The molecule has 4 aromatic rings. The molecule has 0 fully saturated rings. The standard InChI is InChI=1S/C27H23F2N3O3/c1-34-24-10-9-21(15-25(24)35-2)30-27(33)32-16-17-6-3-4-7-22(17)31-11-5-8-23(31)26(32)18-12-19(28)14-20(29)13-18/h3-15,26H,16H2,1-2H3,(H,30,33)/t26-/m0/s1. The number of amides is 2. The summed E-state index contributed by atoms with van der Waals surface area (Å²) in [6.45, 7) is 0.222. The minimum absolute atomic E-state index is 0.222. The Morgan fingerprint density at radius 1 is 0.914 bits per heavy atom. The van der Waals surface area contributed by atoms with Gasteiger partial charge >= 0.3 is 6.03 Å². The molecule has 5 rings (SSSR count). The second-order valence-corrected chi connectivity index (χ2v) is 8.16. The van der Waals surface area contributed by atoms with Gasteiger partial charge in [0.05, 0.1) is 32.5 Å². The van der Waals surface area contributed by atoms with Crippen LogP contribution in [0.1, 0.15) is 22.9 Å². The van der Waals surface area contributed by atoms with Crippen LogP contribution in [0.5, 0.6) is 11.5 Å². The lowest BCUT2D eigenvalue weighted by Gasteiger charge is -2.31. The minimum atomic E-state index is -0.747. The molecule has 1 aliphatic heterocycles. The van der Waals surface area contributed by atoms with Crippen LogP contribution in [-0.2, 0) is 6.54 Å². The van der Waals surface area contributed by atoms with Crippen LogP contribution in [0.25, 0.3) is 5.69 Å². The number of rotatable bonds is 4. The van der Waals surface area contributed by atoms with Crippen molar-refractivity contribution >= 4 is 11.7 Å². The molecule has 1 N–H and O–H groups in total. The third-order valence-electron chi connectivity index (χ3n) is 6.06. The Labute approximate surface area is 201 Å². The normalized spacial score (nSPS) is 14.5. The molecule has 35 heavy (non-hydrogen) atoms. The molecule has 2 amide bonds. The van der Waals surface area contributed by atoms with Crippen LogP contribution in [0.3, 0.4) is 0 Å². The number of ether oxygens (including phenoxy) is 2. The molecule has 0 saturated heterocycles. The van der Waals surface area contributed by atoms with Crippen molar-refractivity contribution in [3.8, 4) is 17.2 Å². The molecule has 6 nitrogen and oxygen atoms in total. The van der Waals surface area contributed by atoms with E-state index in [-0.39, 0.29) is 6.54 Å². The first-order chi connectivity index (χ1) is 17.0. The molecule has 0 aliphatic carbocycles. The zero-order valence-electron chi connectivity index (χ0n) is 19.2. The summed E-state index contributed by atoms with van der Waals surface area (Å²) in [4.78, 5) is 15.3. The molecule has 0 radical (unpaired) electrons. The predicted molar refractivity (Wildman–Crippen MR) is 128 cm³/mol. The van der Waals surface area contributed by atoms with Gasteiger partial charge in [0.25, 0.3) is 0 Å². The second-order valence-electron chi connectivity index (χ2n) is 8.16. The number of nitrogens with one attached hydrogen (secondary N) is 1. The van der Waals surface area contributed by atoms with Crippen LogP contribution in [0.2, 0.25) is 0 Å². The van der Waals surface area contributed by atoms with Gasteiger partial charge < -0.3 is 24.3 Å². The summed E-state index contributed by atoms with van der Waals surface area (Å²) in [7, 11) is 3.04. The summed E-state index contributed by atoms with van der Waals surface area (Å²) >= 11 is 0. The molecule has 1 aliphatic rings. The Morgan fingerprint density at radius 3 is 2.40 bits per heavy atom. The molecule has 0 saturated carbocycles. The molecule has 0 unspecified atom stereocenters. The van der Waals surface area contributed by atoms with Gasteiger partial charge in [-0.3, -0.25) is 0 Å². The van der Waals surface area contributed by atoms with E-state index in [1.54, 1.807) is 23.1 Å². The lowest BCUT2D eigenvalue weighted by molar-refractivity contribution is 0.194. The summed E-state index contributed by atoms with van der Waals surface area (Å²) in [5, 5.41) is 2.90. The third-order valence-corrected chi connectivity index (χ3v) is 6.06. The minimum Gasteiger partial charge on any atom is -0.493 e. The number of nitrogens with zero attached hydrogens (tertiary/aromatic N) is 2. The van der Waals surface area contributed by atoms with Crippen molar-refractivity contribution in [2.45, 2.75) is 12.6 Å². The van der Waals surface area contributed by atoms with Crippen LogP contribution in [0, 0.1) is 11.6 Å². The first kappa shape index (κ1) is 22.5. The molecule has 0 spiro atoms. The number of carbonyl (C=O) groups excluding carboxylic acids is 1. The number of para-hydroxylation sites is 1. The van der Waals surface area contributed by atoms with E-state index < -0.39 is 23.7 Å². The topological polar surface area (TPSA) is 55.7 Å². The molecule has 0 bridgehead atoms. The van der Waals surface area contributed by atoms with E-state index >= 15 is 0 Å². The highest BCUT2D eigenvalue weighted by Crippen LogP contribution is 2.38. The van der Waals surface area contributed by atoms with Crippen molar-refractivity contribution in [3.05, 3.63) is 107 Å². The average molecular weight is 475 g/mol. The zero-order valence-corrected chi connectivity index (χ0v) is 19.2. The van der Waals surface area contributed by atoms with Gasteiger partial charge in [0.2, 0.25) is 0 Å². The van der Waals surface area contributed by atoms with Crippen LogP contribution in [0.4, 0.5) is 19.3 Å². The Bertz CT molecular complexity index is 1380. The fourth-order valence-electron chi connectivity index (χ4n) is 4.53. The average Bonchev–Trinajstić information content (AvgIpc) is 3.27. The van der Waals surface area contributed by atoms with Gasteiger partial charge in [-0.2, -0.15) is 0 Å². The number of hydrogen-bond donors (Lipinski definition) is 1. The fraction of sp³-hybridized carbons (Fsp3) is 0.148. The van der Waals surface area contributed by atoms with Gasteiger partial charge in [-0.1, -0.05) is 18.2 Å². The first-order valence-electron chi connectivity index (χ1n) is 11.0. The van der Waals surface area contributed by atoms with Crippen molar-refractivity contribution < 1.29 is 23.0 Å². The highest BCUT2D eigenvalue weighted by molar-refractivity contribution is 5.90. The Kier molecular flexibility index (Phi) is 5.86.